The highest BCUT2D eigenvalue weighted by molar-refractivity contribution is 6.32. The zero-order valence-corrected chi connectivity index (χ0v) is 13.8. The molecule has 0 aliphatic carbocycles. The molecule has 1 rings (SSSR count). The third-order valence-corrected chi connectivity index (χ3v) is 3.43. The second-order valence-corrected chi connectivity index (χ2v) is 5.51. The van der Waals surface area contributed by atoms with Gasteiger partial charge in [-0.2, -0.15) is 0 Å². The van der Waals surface area contributed by atoms with Crippen LogP contribution >= 0.6 is 11.6 Å². The summed E-state index contributed by atoms with van der Waals surface area (Å²) < 4.78 is 5.46. The molecule has 1 aromatic rings. The first-order valence-corrected chi connectivity index (χ1v) is 7.85. The average molecular weight is 313 g/mol. The quantitative estimate of drug-likeness (QED) is 0.689. The molecule has 118 valence electrons. The van der Waals surface area contributed by atoms with Gasteiger partial charge in [0, 0.05) is 12.6 Å². The first-order chi connectivity index (χ1) is 10.1. The monoisotopic (exact) mass is 312 g/mol. The molecule has 21 heavy (non-hydrogen) atoms. The van der Waals surface area contributed by atoms with Gasteiger partial charge >= 0.3 is 0 Å². The van der Waals surface area contributed by atoms with E-state index in [2.05, 4.69) is 17.6 Å². The van der Waals surface area contributed by atoms with E-state index in [1.165, 1.54) is 0 Å². The Kier molecular flexibility index (Phi) is 8.16. The van der Waals surface area contributed by atoms with Crippen molar-refractivity contribution < 1.29 is 9.53 Å². The minimum absolute atomic E-state index is 0.0164. The molecule has 1 unspecified atom stereocenters. The molecule has 1 atom stereocenters. The Hall–Kier alpha value is -1.26. The number of ether oxygens (including phenoxy) is 1. The lowest BCUT2D eigenvalue weighted by Crippen LogP contribution is -2.35. The van der Waals surface area contributed by atoms with E-state index in [1.807, 2.05) is 32.0 Å². The van der Waals surface area contributed by atoms with Crippen molar-refractivity contribution in [2.75, 3.05) is 13.2 Å². The molecule has 2 N–H and O–H groups in total. The number of hydrogen-bond acceptors (Lipinski definition) is 3. The largest absolute Gasteiger partial charge is 0.482 e. The maximum absolute atomic E-state index is 11.6. The third kappa shape index (κ3) is 6.82. The van der Waals surface area contributed by atoms with Gasteiger partial charge in [0.1, 0.15) is 5.75 Å². The van der Waals surface area contributed by atoms with Crippen molar-refractivity contribution in [3.8, 4) is 5.75 Å². The zero-order valence-electron chi connectivity index (χ0n) is 13.0. The molecule has 0 heterocycles. The van der Waals surface area contributed by atoms with Crippen LogP contribution < -0.4 is 15.4 Å². The molecule has 0 spiro atoms. The van der Waals surface area contributed by atoms with Gasteiger partial charge in [0.05, 0.1) is 5.02 Å². The Bertz CT molecular complexity index is 452. The Morgan fingerprint density at radius 3 is 2.76 bits per heavy atom. The van der Waals surface area contributed by atoms with E-state index in [9.17, 15) is 4.79 Å². The number of carbonyl (C=O) groups is 1. The van der Waals surface area contributed by atoms with Gasteiger partial charge in [0.2, 0.25) is 0 Å². The van der Waals surface area contributed by atoms with Crippen LogP contribution in [0.25, 0.3) is 0 Å². The van der Waals surface area contributed by atoms with Crippen LogP contribution in [-0.2, 0) is 11.3 Å². The molecule has 0 bridgehead atoms. The van der Waals surface area contributed by atoms with E-state index in [0.717, 1.165) is 31.5 Å². The molecule has 0 aliphatic rings. The molecule has 1 amide bonds. The first kappa shape index (κ1) is 17.8. The van der Waals surface area contributed by atoms with Crippen molar-refractivity contribution in [2.24, 2.45) is 0 Å². The topological polar surface area (TPSA) is 50.4 Å². The fraction of sp³-hybridized carbons (Fsp3) is 0.562. The number of carbonyl (C=O) groups excluding carboxylic acids is 1. The lowest BCUT2D eigenvalue weighted by molar-refractivity contribution is -0.123. The van der Waals surface area contributed by atoms with Gasteiger partial charge in [-0.3, -0.25) is 4.79 Å². The summed E-state index contributed by atoms with van der Waals surface area (Å²) in [4.78, 5) is 11.6. The van der Waals surface area contributed by atoms with Crippen LogP contribution in [0.3, 0.4) is 0 Å². The summed E-state index contributed by atoms with van der Waals surface area (Å²) in [5.74, 6) is 0.407. The van der Waals surface area contributed by atoms with Gasteiger partial charge < -0.3 is 15.4 Å². The highest BCUT2D eigenvalue weighted by atomic mass is 35.5. The predicted molar refractivity (Wildman–Crippen MR) is 86.8 cm³/mol. The summed E-state index contributed by atoms with van der Waals surface area (Å²) in [6, 6.07) is 5.79. The van der Waals surface area contributed by atoms with Gasteiger partial charge in [0.25, 0.3) is 5.91 Å². The van der Waals surface area contributed by atoms with Crippen molar-refractivity contribution in [1.82, 2.24) is 10.6 Å². The van der Waals surface area contributed by atoms with Crippen molar-refractivity contribution in [3.05, 3.63) is 28.8 Å². The van der Waals surface area contributed by atoms with Crippen LogP contribution in [0.1, 0.15) is 39.2 Å². The van der Waals surface area contributed by atoms with Crippen LogP contribution in [0, 0.1) is 0 Å². The van der Waals surface area contributed by atoms with Gasteiger partial charge in [-0.05, 0) is 44.0 Å². The van der Waals surface area contributed by atoms with Crippen LogP contribution in [0.5, 0.6) is 5.75 Å². The Labute approximate surface area is 132 Å². The number of nitrogens with one attached hydrogen (secondary N) is 2. The number of rotatable bonds is 9. The van der Waals surface area contributed by atoms with Crippen LogP contribution in [0.4, 0.5) is 0 Å². The molecule has 0 saturated carbocycles. The second kappa shape index (κ2) is 9.64. The predicted octanol–water partition coefficient (Wildman–Crippen LogP) is 3.13. The molecule has 0 aromatic heterocycles. The summed E-state index contributed by atoms with van der Waals surface area (Å²) in [6.45, 7) is 7.85. The van der Waals surface area contributed by atoms with Crippen molar-refractivity contribution in [2.45, 2.75) is 46.2 Å². The molecule has 0 fully saturated rings. The smallest absolute Gasteiger partial charge is 0.258 e. The van der Waals surface area contributed by atoms with Crippen LogP contribution in [0.15, 0.2) is 18.2 Å². The lowest BCUT2D eigenvalue weighted by Gasteiger charge is -2.13. The fourth-order valence-corrected chi connectivity index (χ4v) is 2.00. The second-order valence-electron chi connectivity index (χ2n) is 5.11. The minimum atomic E-state index is -0.130. The molecular weight excluding hydrogens is 288 g/mol. The van der Waals surface area contributed by atoms with Crippen LogP contribution in [0.2, 0.25) is 5.02 Å². The van der Waals surface area contributed by atoms with Crippen LogP contribution in [-0.4, -0.2) is 25.1 Å². The van der Waals surface area contributed by atoms with E-state index >= 15 is 0 Å². The summed E-state index contributed by atoms with van der Waals surface area (Å²) in [5, 5.41) is 6.69. The summed E-state index contributed by atoms with van der Waals surface area (Å²) in [6.07, 6.45) is 1.99. The first-order valence-electron chi connectivity index (χ1n) is 7.48. The van der Waals surface area contributed by atoms with Gasteiger partial charge in [0.15, 0.2) is 6.61 Å². The van der Waals surface area contributed by atoms with Crippen molar-refractivity contribution in [1.29, 1.82) is 0 Å². The van der Waals surface area contributed by atoms with E-state index in [0.29, 0.717) is 10.8 Å². The highest BCUT2D eigenvalue weighted by Crippen LogP contribution is 2.25. The molecule has 5 heteroatoms. The maximum Gasteiger partial charge on any atom is 0.258 e. The molecular formula is C16H25ClN2O2. The van der Waals surface area contributed by atoms with Gasteiger partial charge in [-0.15, -0.1) is 0 Å². The lowest BCUT2D eigenvalue weighted by atomic mass is 10.2. The van der Waals surface area contributed by atoms with E-state index in [-0.39, 0.29) is 18.6 Å². The summed E-state index contributed by atoms with van der Waals surface area (Å²) in [5.41, 5.74) is 1.10. The Morgan fingerprint density at radius 1 is 1.38 bits per heavy atom. The van der Waals surface area contributed by atoms with Gasteiger partial charge in [-0.1, -0.05) is 31.5 Å². The number of halogens is 1. The van der Waals surface area contributed by atoms with Gasteiger partial charge in [-0.25, -0.2) is 0 Å². The van der Waals surface area contributed by atoms with Crippen molar-refractivity contribution in [3.63, 3.8) is 0 Å². The molecule has 0 aliphatic heterocycles. The average Bonchev–Trinajstić information content (AvgIpc) is 2.46. The minimum Gasteiger partial charge on any atom is -0.482 e. The fourth-order valence-electron chi connectivity index (χ4n) is 1.74. The third-order valence-electron chi connectivity index (χ3n) is 3.13. The summed E-state index contributed by atoms with van der Waals surface area (Å²) in [7, 11) is 0. The SMILES string of the molecule is CCCNCc1ccc(OCC(=O)NC(C)CC)c(Cl)c1. The Balaban J connectivity index is 2.47. The molecule has 0 radical (unpaired) electrons. The standard InChI is InChI=1S/C16H25ClN2O2/c1-4-8-18-10-13-6-7-15(14(17)9-13)21-11-16(20)19-12(3)5-2/h6-7,9,12,18H,4-5,8,10-11H2,1-3H3,(H,19,20). The number of hydrogen-bond donors (Lipinski definition) is 2. The van der Waals surface area contributed by atoms with E-state index in [1.54, 1.807) is 0 Å². The van der Waals surface area contributed by atoms with E-state index in [4.69, 9.17) is 16.3 Å². The zero-order chi connectivity index (χ0) is 15.7. The number of benzene rings is 1. The van der Waals surface area contributed by atoms with E-state index < -0.39 is 0 Å². The van der Waals surface area contributed by atoms with Crippen molar-refractivity contribution >= 4 is 17.5 Å². The normalized spacial score (nSPS) is 12.0. The highest BCUT2D eigenvalue weighted by Gasteiger charge is 2.08. The summed E-state index contributed by atoms with van der Waals surface area (Å²) >= 11 is 6.17. The molecule has 0 saturated heterocycles. The molecule has 4 nitrogen and oxygen atoms in total. The maximum atomic E-state index is 11.6. The number of amides is 1. The molecule has 1 aromatic carbocycles. The Morgan fingerprint density at radius 2 is 2.14 bits per heavy atom.